The summed E-state index contributed by atoms with van der Waals surface area (Å²) in [5.41, 5.74) is -1.98. The van der Waals surface area contributed by atoms with Gasteiger partial charge in [0.2, 0.25) is 18.2 Å². The lowest BCUT2D eigenvalue weighted by molar-refractivity contribution is -0.145. The lowest BCUT2D eigenvalue weighted by Crippen LogP contribution is -2.54. The second-order valence-corrected chi connectivity index (χ2v) is 11.5. The van der Waals surface area contributed by atoms with Crippen molar-refractivity contribution in [2.75, 3.05) is 31.3 Å². The van der Waals surface area contributed by atoms with E-state index in [2.05, 4.69) is 10.6 Å². The van der Waals surface area contributed by atoms with Crippen LogP contribution < -0.4 is 15.7 Å². The van der Waals surface area contributed by atoms with Crippen LogP contribution in [0.2, 0.25) is 0 Å². The van der Waals surface area contributed by atoms with Crippen molar-refractivity contribution in [2.24, 2.45) is 5.41 Å². The highest BCUT2D eigenvalue weighted by Gasteiger charge is 2.43. The van der Waals surface area contributed by atoms with E-state index >= 15 is 0 Å². The number of ether oxygens (including phenoxy) is 1. The van der Waals surface area contributed by atoms with Crippen molar-refractivity contribution in [3.63, 3.8) is 0 Å². The molecule has 2 aromatic rings. The molecular formula is C30H36F4N4O6. The fourth-order valence-corrected chi connectivity index (χ4v) is 4.56. The number of amides is 4. The van der Waals surface area contributed by atoms with Crippen molar-refractivity contribution >= 4 is 30.0 Å². The molecule has 2 N–H and O–H groups in total. The number of nitrogens with zero attached hydrogens (tertiary/aromatic N) is 2. The number of nitrogens with one attached hydrogen (secondary N) is 2. The molecule has 2 aromatic carbocycles. The van der Waals surface area contributed by atoms with Gasteiger partial charge in [-0.05, 0) is 82.0 Å². The maximum absolute atomic E-state index is 14.0. The van der Waals surface area contributed by atoms with E-state index in [9.17, 15) is 36.7 Å². The van der Waals surface area contributed by atoms with Crippen molar-refractivity contribution in [1.82, 2.24) is 15.5 Å². The molecular weight excluding hydrogens is 588 g/mol. The molecule has 0 spiro atoms. The zero-order chi connectivity index (χ0) is 32.7. The Labute approximate surface area is 252 Å². The van der Waals surface area contributed by atoms with Gasteiger partial charge in [-0.15, -0.1) is 0 Å². The minimum absolute atomic E-state index is 0.00291. The summed E-state index contributed by atoms with van der Waals surface area (Å²) in [6, 6.07) is 8.22. The number of benzene rings is 2. The van der Waals surface area contributed by atoms with E-state index in [1.165, 1.54) is 17.0 Å². The van der Waals surface area contributed by atoms with Gasteiger partial charge in [-0.1, -0.05) is 12.1 Å². The molecule has 0 radical (unpaired) electrons. The standard InChI is InChI=1S/C30H36F4N4O6/c1-20-21(6-5-7-24(20)31)16-35-26(41)29(18-43-38(19-39)23-10-8-22(9-11-23)30(32,33)34)12-14-37(15-13-29)25(40)17-36-27(42)44-28(2,3)4/h5-11,19H,12-18H2,1-4H3,(H,35,41)(H,36,42). The third-order valence-electron chi connectivity index (χ3n) is 7.18. The van der Waals surface area contributed by atoms with Crippen molar-refractivity contribution in [3.8, 4) is 0 Å². The Hall–Kier alpha value is -4.20. The van der Waals surface area contributed by atoms with Gasteiger partial charge in [-0.3, -0.25) is 19.2 Å². The van der Waals surface area contributed by atoms with Crippen molar-refractivity contribution in [1.29, 1.82) is 0 Å². The van der Waals surface area contributed by atoms with Crippen molar-refractivity contribution in [2.45, 2.75) is 58.9 Å². The number of hydrogen-bond acceptors (Lipinski definition) is 6. The first kappa shape index (κ1) is 34.3. The van der Waals surface area contributed by atoms with Gasteiger partial charge in [0.25, 0.3) is 0 Å². The summed E-state index contributed by atoms with van der Waals surface area (Å²) in [6.07, 6.45) is -4.86. The molecule has 44 heavy (non-hydrogen) atoms. The number of hydrogen-bond donors (Lipinski definition) is 2. The van der Waals surface area contributed by atoms with Crippen molar-refractivity contribution in [3.05, 3.63) is 65.0 Å². The third kappa shape index (κ3) is 9.15. The Balaban J connectivity index is 1.73. The molecule has 0 atom stereocenters. The van der Waals surface area contributed by atoms with Gasteiger partial charge in [-0.2, -0.15) is 18.2 Å². The molecule has 0 bridgehead atoms. The predicted octanol–water partition coefficient (Wildman–Crippen LogP) is 4.50. The molecule has 1 fully saturated rings. The van der Waals surface area contributed by atoms with Crippen LogP contribution in [0.3, 0.4) is 0 Å². The van der Waals surface area contributed by atoms with Gasteiger partial charge in [0.15, 0.2) is 0 Å². The first-order valence-electron chi connectivity index (χ1n) is 13.9. The Morgan fingerprint density at radius 2 is 1.66 bits per heavy atom. The molecule has 3 rings (SSSR count). The third-order valence-corrected chi connectivity index (χ3v) is 7.18. The second kappa shape index (κ2) is 14.1. The van der Waals surface area contributed by atoms with Gasteiger partial charge in [-0.25, -0.2) is 9.18 Å². The number of carbonyl (C=O) groups is 4. The minimum atomic E-state index is -4.57. The summed E-state index contributed by atoms with van der Waals surface area (Å²) >= 11 is 0. The van der Waals surface area contributed by atoms with Gasteiger partial charge >= 0.3 is 12.3 Å². The lowest BCUT2D eigenvalue weighted by Gasteiger charge is -2.40. The smallest absolute Gasteiger partial charge is 0.416 e. The van der Waals surface area contributed by atoms with E-state index in [1.807, 2.05) is 0 Å². The van der Waals surface area contributed by atoms with Crippen LogP contribution in [0.5, 0.6) is 0 Å². The molecule has 1 saturated heterocycles. The Morgan fingerprint density at radius 1 is 1.02 bits per heavy atom. The quantitative estimate of drug-likeness (QED) is 0.229. The number of carbonyl (C=O) groups excluding carboxylic acids is 4. The number of halogens is 4. The van der Waals surface area contributed by atoms with Crippen LogP contribution in [0, 0.1) is 18.2 Å². The second-order valence-electron chi connectivity index (χ2n) is 11.5. The minimum Gasteiger partial charge on any atom is -0.444 e. The average molecular weight is 625 g/mol. The number of rotatable bonds is 10. The van der Waals surface area contributed by atoms with Crippen molar-refractivity contribution < 1.29 is 46.3 Å². The highest BCUT2D eigenvalue weighted by atomic mass is 19.4. The van der Waals surface area contributed by atoms with Crippen LogP contribution in [0.1, 0.15) is 50.3 Å². The maximum Gasteiger partial charge on any atom is 0.416 e. The molecule has 14 heteroatoms. The SMILES string of the molecule is Cc1c(F)cccc1CNC(=O)C1(CON(C=O)c2ccc(C(F)(F)F)cc2)CCN(C(=O)CNC(=O)OC(C)(C)C)CC1. The summed E-state index contributed by atoms with van der Waals surface area (Å²) in [7, 11) is 0. The molecule has 0 saturated carbocycles. The monoisotopic (exact) mass is 624 g/mol. The van der Waals surface area contributed by atoms with Crippen LogP contribution >= 0.6 is 0 Å². The molecule has 0 aromatic heterocycles. The number of anilines is 1. The predicted molar refractivity (Wildman–Crippen MR) is 151 cm³/mol. The summed E-state index contributed by atoms with van der Waals surface area (Å²) in [5, 5.41) is 5.93. The lowest BCUT2D eigenvalue weighted by atomic mass is 9.78. The van der Waals surface area contributed by atoms with Crippen LogP contribution in [0.25, 0.3) is 0 Å². The van der Waals surface area contributed by atoms with Crippen LogP contribution in [-0.4, -0.2) is 61.1 Å². The largest absolute Gasteiger partial charge is 0.444 e. The van der Waals surface area contributed by atoms with E-state index < -0.39 is 46.5 Å². The first-order chi connectivity index (χ1) is 20.5. The van der Waals surface area contributed by atoms with Gasteiger partial charge in [0, 0.05) is 19.6 Å². The number of alkyl halides is 3. The zero-order valence-corrected chi connectivity index (χ0v) is 24.9. The number of hydroxylamine groups is 1. The molecule has 0 unspecified atom stereocenters. The average Bonchev–Trinajstić information content (AvgIpc) is 2.96. The normalized spacial score (nSPS) is 14.9. The van der Waals surface area contributed by atoms with E-state index in [0.29, 0.717) is 11.1 Å². The maximum atomic E-state index is 14.0. The summed E-state index contributed by atoms with van der Waals surface area (Å²) in [6.45, 7) is 6.17. The highest BCUT2D eigenvalue weighted by Crippen LogP contribution is 2.34. The van der Waals surface area contributed by atoms with Gasteiger partial charge in [0.1, 0.15) is 18.0 Å². The molecule has 1 aliphatic rings. The van der Waals surface area contributed by atoms with Gasteiger partial charge in [0.05, 0.1) is 23.3 Å². The summed E-state index contributed by atoms with van der Waals surface area (Å²) in [5.74, 6) is -1.31. The van der Waals surface area contributed by atoms with Crippen LogP contribution in [0.4, 0.5) is 28.0 Å². The number of piperidine rings is 1. The zero-order valence-electron chi connectivity index (χ0n) is 24.9. The Morgan fingerprint density at radius 3 is 2.23 bits per heavy atom. The Kier molecular flexibility index (Phi) is 11.0. The molecule has 10 nitrogen and oxygen atoms in total. The van der Waals surface area contributed by atoms with E-state index in [-0.39, 0.29) is 57.7 Å². The fourth-order valence-electron chi connectivity index (χ4n) is 4.56. The van der Waals surface area contributed by atoms with E-state index in [1.54, 1.807) is 33.8 Å². The first-order valence-corrected chi connectivity index (χ1v) is 13.9. The van der Waals surface area contributed by atoms with Gasteiger partial charge < -0.3 is 20.3 Å². The van der Waals surface area contributed by atoms with Crippen LogP contribution in [0.15, 0.2) is 42.5 Å². The fraction of sp³-hybridized carbons (Fsp3) is 0.467. The summed E-state index contributed by atoms with van der Waals surface area (Å²) in [4.78, 5) is 57.3. The topological polar surface area (TPSA) is 117 Å². The van der Waals surface area contributed by atoms with Crippen LogP contribution in [-0.2, 0) is 36.7 Å². The van der Waals surface area contributed by atoms with E-state index in [0.717, 1.165) is 29.3 Å². The summed E-state index contributed by atoms with van der Waals surface area (Å²) < 4.78 is 58.1. The molecule has 1 aliphatic heterocycles. The van der Waals surface area contributed by atoms with E-state index in [4.69, 9.17) is 9.57 Å². The molecule has 1 heterocycles. The highest BCUT2D eigenvalue weighted by molar-refractivity contribution is 5.85. The molecule has 0 aliphatic carbocycles. The number of alkyl carbamates (subject to hydrolysis) is 1. The Bertz CT molecular complexity index is 1340. The molecule has 4 amide bonds. The number of likely N-dealkylation sites (tertiary alicyclic amines) is 1. The molecule has 240 valence electrons.